The fourth-order valence-corrected chi connectivity index (χ4v) is 5.78. The van der Waals surface area contributed by atoms with Gasteiger partial charge in [-0.25, -0.2) is 0 Å². The molecule has 2 amide bonds. The Morgan fingerprint density at radius 1 is 0.862 bits per heavy atom. The van der Waals surface area contributed by atoms with Gasteiger partial charge in [0.25, 0.3) is 11.8 Å². The summed E-state index contributed by atoms with van der Waals surface area (Å²) in [7, 11) is 0. The monoisotopic (exact) mass is 401 g/mol. The lowest BCUT2D eigenvalue weighted by molar-refractivity contribution is 0.0483. The van der Waals surface area contributed by atoms with Crippen molar-refractivity contribution < 1.29 is 9.59 Å². The van der Waals surface area contributed by atoms with Crippen molar-refractivity contribution in [3.8, 4) is 0 Å². The Hall–Kier alpha value is -2.80. The van der Waals surface area contributed by atoms with E-state index in [9.17, 15) is 9.59 Å². The number of hydrogen-bond donors (Lipinski definition) is 1. The molecule has 6 rings (SSSR count). The van der Waals surface area contributed by atoms with E-state index in [4.69, 9.17) is 0 Å². The predicted octanol–water partition coefficient (Wildman–Crippen LogP) is 3.67. The van der Waals surface area contributed by atoms with Gasteiger partial charge in [-0.1, -0.05) is 30.3 Å². The molecule has 6 heteroatoms. The minimum absolute atomic E-state index is 0.186. The second kappa shape index (κ2) is 6.35. The number of benzene rings is 3. The van der Waals surface area contributed by atoms with Crippen LogP contribution < -0.4 is 5.32 Å². The van der Waals surface area contributed by atoms with Crippen molar-refractivity contribution in [3.63, 3.8) is 0 Å². The number of amides is 2. The van der Waals surface area contributed by atoms with Crippen molar-refractivity contribution in [2.75, 3.05) is 32.8 Å². The molecule has 0 saturated carbocycles. The van der Waals surface area contributed by atoms with Crippen LogP contribution in [0.25, 0.3) is 30.9 Å². The minimum atomic E-state index is -0.188. The summed E-state index contributed by atoms with van der Waals surface area (Å²) >= 11 is 1.72. The van der Waals surface area contributed by atoms with Crippen molar-refractivity contribution in [3.05, 3.63) is 59.7 Å². The highest BCUT2D eigenvalue weighted by molar-refractivity contribution is 7.26. The van der Waals surface area contributed by atoms with E-state index in [1.807, 2.05) is 36.4 Å². The summed E-state index contributed by atoms with van der Waals surface area (Å²) in [5.41, 5.74) is 1.27. The number of nitrogens with zero attached hydrogens (tertiary/aromatic N) is 2. The molecule has 1 N–H and O–H groups in total. The topological polar surface area (TPSA) is 52.7 Å². The summed E-state index contributed by atoms with van der Waals surface area (Å²) in [4.78, 5) is 30.3. The smallest absolute Gasteiger partial charge is 0.262 e. The number of thiophene rings is 1. The van der Waals surface area contributed by atoms with Gasteiger partial charge in [-0.2, -0.15) is 0 Å². The van der Waals surface area contributed by atoms with E-state index < -0.39 is 0 Å². The summed E-state index contributed by atoms with van der Waals surface area (Å²) < 4.78 is 2.34. The van der Waals surface area contributed by atoms with Crippen molar-refractivity contribution in [2.45, 2.75) is 0 Å². The number of carbonyl (C=O) groups is 2. The van der Waals surface area contributed by atoms with E-state index in [0.717, 1.165) is 52.4 Å². The third-order valence-corrected chi connectivity index (χ3v) is 7.22. The highest BCUT2D eigenvalue weighted by atomic mass is 32.1. The van der Waals surface area contributed by atoms with E-state index in [-0.39, 0.29) is 11.8 Å². The molecule has 5 nitrogen and oxygen atoms in total. The second-order valence-corrected chi connectivity index (χ2v) is 8.73. The molecule has 0 bridgehead atoms. The highest BCUT2D eigenvalue weighted by Gasteiger charge is 2.35. The lowest BCUT2D eigenvalue weighted by Gasteiger charge is -2.34. The standard InChI is InChI=1S/C23H19N3O2S/c27-22-16-6-3-5-15-20(16)18(23(28)26(22)13-25-10-8-24-9-11-25)12-17-14-4-1-2-7-19(14)29-21(15)17/h1-7,12,24H,8-11,13H2. The summed E-state index contributed by atoms with van der Waals surface area (Å²) in [6.45, 7) is 3.77. The predicted molar refractivity (Wildman–Crippen MR) is 117 cm³/mol. The molecule has 3 heterocycles. The number of piperazine rings is 1. The van der Waals surface area contributed by atoms with Crippen molar-refractivity contribution >= 4 is 54.1 Å². The first-order chi connectivity index (χ1) is 14.2. The van der Waals surface area contributed by atoms with Gasteiger partial charge in [0.1, 0.15) is 0 Å². The van der Waals surface area contributed by atoms with Crippen LogP contribution >= 0.6 is 11.3 Å². The third kappa shape index (κ3) is 2.46. The fourth-order valence-electron chi connectivity index (χ4n) is 4.57. The van der Waals surface area contributed by atoms with E-state index in [2.05, 4.69) is 22.3 Å². The Kier molecular flexibility index (Phi) is 3.74. The van der Waals surface area contributed by atoms with Crippen LogP contribution in [0.1, 0.15) is 20.7 Å². The van der Waals surface area contributed by atoms with Crippen LogP contribution in [0.5, 0.6) is 0 Å². The average Bonchev–Trinajstić information content (AvgIpc) is 3.14. The number of rotatable bonds is 2. The van der Waals surface area contributed by atoms with Crippen LogP contribution in [0, 0.1) is 0 Å². The first-order valence-corrected chi connectivity index (χ1v) is 10.7. The zero-order valence-electron chi connectivity index (χ0n) is 15.8. The molecule has 0 atom stereocenters. The fraction of sp³-hybridized carbons (Fsp3) is 0.217. The molecule has 0 spiro atoms. The van der Waals surface area contributed by atoms with Gasteiger partial charge in [0.05, 0.1) is 6.67 Å². The van der Waals surface area contributed by atoms with Crippen LogP contribution in [0.4, 0.5) is 0 Å². The van der Waals surface area contributed by atoms with E-state index in [1.54, 1.807) is 11.3 Å². The molecule has 144 valence electrons. The maximum absolute atomic E-state index is 13.5. The molecule has 2 aliphatic heterocycles. The Labute approximate surface area is 171 Å². The van der Waals surface area contributed by atoms with Gasteiger partial charge in [0, 0.05) is 68.3 Å². The SMILES string of the molecule is O=C1c2cccc3c2c(cc2c4ccccc4sc32)C(=O)N1CN1CCNCC1. The van der Waals surface area contributed by atoms with Crippen LogP contribution in [-0.4, -0.2) is 54.5 Å². The van der Waals surface area contributed by atoms with E-state index in [1.165, 1.54) is 9.60 Å². The number of fused-ring (bicyclic) bond motifs is 4. The molecule has 0 aliphatic carbocycles. The first kappa shape index (κ1) is 17.1. The normalized spacial score (nSPS) is 17.7. The Morgan fingerprint density at radius 2 is 1.62 bits per heavy atom. The molecule has 3 aromatic carbocycles. The molecule has 0 radical (unpaired) electrons. The second-order valence-electron chi connectivity index (χ2n) is 7.67. The quantitative estimate of drug-likeness (QED) is 0.521. The minimum Gasteiger partial charge on any atom is -0.314 e. The summed E-state index contributed by atoms with van der Waals surface area (Å²) in [5.74, 6) is -0.374. The molecule has 2 aliphatic rings. The van der Waals surface area contributed by atoms with Gasteiger partial charge in [0.2, 0.25) is 0 Å². The molecular weight excluding hydrogens is 382 g/mol. The van der Waals surface area contributed by atoms with Gasteiger partial charge in [0.15, 0.2) is 0 Å². The van der Waals surface area contributed by atoms with E-state index >= 15 is 0 Å². The van der Waals surface area contributed by atoms with Crippen molar-refractivity contribution in [2.24, 2.45) is 0 Å². The van der Waals surface area contributed by atoms with Gasteiger partial charge in [-0.15, -0.1) is 11.3 Å². The molecule has 1 saturated heterocycles. The molecule has 1 aromatic heterocycles. The van der Waals surface area contributed by atoms with Gasteiger partial charge < -0.3 is 5.32 Å². The number of imide groups is 1. The summed E-state index contributed by atoms with van der Waals surface area (Å²) in [5, 5.41) is 7.37. The lowest BCUT2D eigenvalue weighted by atomic mass is 9.92. The molecular formula is C23H19N3O2S. The van der Waals surface area contributed by atoms with Crippen LogP contribution in [0.3, 0.4) is 0 Å². The number of carbonyl (C=O) groups excluding carboxylic acids is 2. The molecule has 4 aromatic rings. The summed E-state index contributed by atoms with van der Waals surface area (Å²) in [6, 6.07) is 16.1. The number of hydrogen-bond acceptors (Lipinski definition) is 5. The number of nitrogens with one attached hydrogen (secondary N) is 1. The average molecular weight is 401 g/mol. The van der Waals surface area contributed by atoms with E-state index in [0.29, 0.717) is 17.8 Å². The zero-order valence-corrected chi connectivity index (χ0v) is 16.6. The maximum atomic E-state index is 13.5. The van der Waals surface area contributed by atoms with Crippen LogP contribution in [0.15, 0.2) is 48.5 Å². The van der Waals surface area contributed by atoms with Gasteiger partial charge in [-0.3, -0.25) is 19.4 Å². The lowest BCUT2D eigenvalue weighted by Crippen LogP contribution is -2.52. The third-order valence-electron chi connectivity index (χ3n) is 6.00. The largest absolute Gasteiger partial charge is 0.314 e. The summed E-state index contributed by atoms with van der Waals surface area (Å²) in [6.07, 6.45) is 0. The van der Waals surface area contributed by atoms with Gasteiger partial charge in [-0.05, 0) is 18.2 Å². The van der Waals surface area contributed by atoms with Crippen molar-refractivity contribution in [1.82, 2.24) is 15.1 Å². The van der Waals surface area contributed by atoms with Crippen LogP contribution in [0.2, 0.25) is 0 Å². The Balaban J connectivity index is 1.58. The zero-order chi connectivity index (χ0) is 19.5. The molecule has 29 heavy (non-hydrogen) atoms. The van der Waals surface area contributed by atoms with Gasteiger partial charge >= 0.3 is 0 Å². The Bertz CT molecular complexity index is 1320. The Morgan fingerprint density at radius 3 is 2.48 bits per heavy atom. The maximum Gasteiger partial charge on any atom is 0.262 e. The molecule has 1 fully saturated rings. The molecule has 0 unspecified atom stereocenters. The highest BCUT2D eigenvalue weighted by Crippen LogP contribution is 2.42. The van der Waals surface area contributed by atoms with Crippen LogP contribution in [-0.2, 0) is 0 Å². The van der Waals surface area contributed by atoms with Crippen molar-refractivity contribution in [1.29, 1.82) is 0 Å². The first-order valence-electron chi connectivity index (χ1n) is 9.88.